The Kier molecular flexibility index (Phi) is 8.50. The summed E-state index contributed by atoms with van der Waals surface area (Å²) in [4.78, 5) is 6.85. The fourth-order valence-electron chi connectivity index (χ4n) is 3.18. The number of ether oxygens (including phenoxy) is 2. The van der Waals surface area contributed by atoms with Gasteiger partial charge in [-0.2, -0.15) is 0 Å². The summed E-state index contributed by atoms with van der Waals surface area (Å²) in [7, 11) is 3.27. The normalized spacial score (nSPS) is 16.5. The number of rotatable bonds is 6. The van der Waals surface area contributed by atoms with Gasteiger partial charge in [-0.3, -0.25) is 4.99 Å². The van der Waals surface area contributed by atoms with Crippen molar-refractivity contribution in [3.63, 3.8) is 0 Å². The van der Waals surface area contributed by atoms with Crippen LogP contribution in [0.4, 0.5) is 11.4 Å². The lowest BCUT2D eigenvalue weighted by Gasteiger charge is -2.19. The SMILES string of the molecule is COc1cccc(N2CCC(CN=C(N)Nc3ccc(OC)c(Cl)c3)C2)c1.I. The van der Waals surface area contributed by atoms with Gasteiger partial charge in [-0.15, -0.1) is 24.0 Å². The number of nitrogens with two attached hydrogens (primary N) is 1. The second kappa shape index (κ2) is 10.6. The van der Waals surface area contributed by atoms with Crippen molar-refractivity contribution in [2.75, 3.05) is 44.1 Å². The molecular weight excluding hydrogens is 491 g/mol. The second-order valence-corrected chi connectivity index (χ2v) is 6.91. The van der Waals surface area contributed by atoms with Gasteiger partial charge in [0.05, 0.1) is 19.2 Å². The molecule has 0 radical (unpaired) electrons. The van der Waals surface area contributed by atoms with Gasteiger partial charge >= 0.3 is 0 Å². The number of halogens is 2. The predicted molar refractivity (Wildman–Crippen MR) is 127 cm³/mol. The highest BCUT2D eigenvalue weighted by atomic mass is 127. The van der Waals surface area contributed by atoms with Crippen LogP contribution in [-0.4, -0.2) is 39.8 Å². The molecule has 0 bridgehead atoms. The molecule has 6 nitrogen and oxygen atoms in total. The van der Waals surface area contributed by atoms with Crippen LogP contribution in [0.2, 0.25) is 5.02 Å². The van der Waals surface area contributed by atoms with Crippen LogP contribution in [0.25, 0.3) is 0 Å². The molecule has 0 aromatic heterocycles. The van der Waals surface area contributed by atoms with E-state index in [0.29, 0.717) is 29.2 Å². The molecule has 1 atom stereocenters. The first-order valence-electron chi connectivity index (χ1n) is 8.88. The van der Waals surface area contributed by atoms with Crippen molar-refractivity contribution in [2.45, 2.75) is 6.42 Å². The predicted octanol–water partition coefficient (Wildman–Crippen LogP) is 4.23. The maximum absolute atomic E-state index is 6.13. The van der Waals surface area contributed by atoms with Crippen molar-refractivity contribution in [3.05, 3.63) is 47.5 Å². The third kappa shape index (κ3) is 5.81. The summed E-state index contributed by atoms with van der Waals surface area (Å²) in [6.07, 6.45) is 1.09. The van der Waals surface area contributed by atoms with E-state index in [0.717, 1.165) is 30.9 Å². The molecule has 8 heteroatoms. The second-order valence-electron chi connectivity index (χ2n) is 6.50. The van der Waals surface area contributed by atoms with Crippen LogP contribution in [0.3, 0.4) is 0 Å². The number of guanidine groups is 1. The molecule has 1 aliphatic rings. The quantitative estimate of drug-likeness (QED) is 0.342. The van der Waals surface area contributed by atoms with Crippen molar-refractivity contribution in [1.82, 2.24) is 0 Å². The van der Waals surface area contributed by atoms with Crippen molar-refractivity contribution in [3.8, 4) is 11.5 Å². The summed E-state index contributed by atoms with van der Waals surface area (Å²) in [5, 5.41) is 3.60. The summed E-state index contributed by atoms with van der Waals surface area (Å²) in [5.41, 5.74) is 7.99. The molecule has 152 valence electrons. The minimum atomic E-state index is 0. The van der Waals surface area contributed by atoms with E-state index in [2.05, 4.69) is 27.3 Å². The van der Waals surface area contributed by atoms with E-state index in [4.69, 9.17) is 26.8 Å². The molecule has 28 heavy (non-hydrogen) atoms. The van der Waals surface area contributed by atoms with Gasteiger partial charge in [0.15, 0.2) is 5.96 Å². The molecule has 3 rings (SSSR count). The zero-order valence-electron chi connectivity index (χ0n) is 16.0. The number of benzene rings is 2. The minimum absolute atomic E-state index is 0. The van der Waals surface area contributed by atoms with Gasteiger partial charge in [0.2, 0.25) is 0 Å². The Balaban J connectivity index is 0.00000280. The standard InChI is InChI=1S/C20H25ClN4O2.HI/c1-26-17-5-3-4-16(11-17)25-9-8-14(13-25)12-23-20(22)24-15-6-7-19(27-2)18(21)10-15;/h3-7,10-11,14H,8-9,12-13H2,1-2H3,(H3,22,23,24);1H. The van der Waals surface area contributed by atoms with E-state index in [1.165, 1.54) is 5.69 Å². The van der Waals surface area contributed by atoms with Gasteiger partial charge in [0, 0.05) is 37.1 Å². The van der Waals surface area contributed by atoms with Gasteiger partial charge in [0.25, 0.3) is 0 Å². The van der Waals surface area contributed by atoms with E-state index in [1.807, 2.05) is 18.2 Å². The number of methoxy groups -OCH3 is 2. The lowest BCUT2D eigenvalue weighted by molar-refractivity contribution is 0.415. The molecule has 3 N–H and O–H groups in total. The molecule has 1 saturated heterocycles. The Labute approximate surface area is 188 Å². The van der Waals surface area contributed by atoms with Crippen LogP contribution >= 0.6 is 35.6 Å². The third-order valence-electron chi connectivity index (χ3n) is 4.65. The van der Waals surface area contributed by atoms with Gasteiger partial charge in [-0.1, -0.05) is 17.7 Å². The Hall–Kier alpha value is -1.87. The number of nitrogens with one attached hydrogen (secondary N) is 1. The minimum Gasteiger partial charge on any atom is -0.497 e. The van der Waals surface area contributed by atoms with E-state index in [9.17, 15) is 0 Å². The highest BCUT2D eigenvalue weighted by molar-refractivity contribution is 14.0. The highest BCUT2D eigenvalue weighted by Gasteiger charge is 2.22. The molecule has 0 aliphatic carbocycles. The maximum atomic E-state index is 6.13. The molecule has 1 aliphatic heterocycles. The van der Waals surface area contributed by atoms with Crippen LogP contribution in [0.1, 0.15) is 6.42 Å². The zero-order chi connectivity index (χ0) is 19.2. The Bertz CT molecular complexity index is 819. The largest absolute Gasteiger partial charge is 0.497 e. The van der Waals surface area contributed by atoms with Crippen molar-refractivity contribution in [1.29, 1.82) is 0 Å². The molecule has 2 aromatic rings. The summed E-state index contributed by atoms with van der Waals surface area (Å²) in [6.45, 7) is 2.65. The van der Waals surface area contributed by atoms with E-state index in [-0.39, 0.29) is 24.0 Å². The summed E-state index contributed by atoms with van der Waals surface area (Å²) >= 11 is 6.13. The van der Waals surface area contributed by atoms with Gasteiger partial charge in [-0.05, 0) is 42.7 Å². The van der Waals surface area contributed by atoms with Crippen molar-refractivity contribution >= 4 is 52.9 Å². The zero-order valence-corrected chi connectivity index (χ0v) is 19.1. The highest BCUT2D eigenvalue weighted by Crippen LogP contribution is 2.28. The number of hydrogen-bond donors (Lipinski definition) is 2. The van der Waals surface area contributed by atoms with Gasteiger partial charge in [-0.25, -0.2) is 0 Å². The summed E-state index contributed by atoms with van der Waals surface area (Å²) in [5.74, 6) is 2.36. The maximum Gasteiger partial charge on any atom is 0.193 e. The Morgan fingerprint density at radius 3 is 2.79 bits per heavy atom. The average Bonchev–Trinajstić information content (AvgIpc) is 3.16. The summed E-state index contributed by atoms with van der Waals surface area (Å²) in [6, 6.07) is 13.6. The number of nitrogens with zero attached hydrogens (tertiary/aromatic N) is 2. The van der Waals surface area contributed by atoms with Gasteiger partial charge < -0.3 is 25.4 Å². The molecule has 1 fully saturated rings. The third-order valence-corrected chi connectivity index (χ3v) is 4.94. The van der Waals surface area contributed by atoms with E-state index in [1.54, 1.807) is 26.4 Å². The monoisotopic (exact) mass is 516 g/mol. The lowest BCUT2D eigenvalue weighted by Crippen LogP contribution is -2.25. The first-order chi connectivity index (χ1) is 13.1. The fourth-order valence-corrected chi connectivity index (χ4v) is 3.44. The van der Waals surface area contributed by atoms with E-state index < -0.39 is 0 Å². The number of anilines is 2. The molecule has 0 amide bonds. The number of aliphatic imine (C=N–C) groups is 1. The molecule has 0 saturated carbocycles. The Morgan fingerprint density at radius 2 is 2.07 bits per heavy atom. The first-order valence-corrected chi connectivity index (χ1v) is 9.26. The van der Waals surface area contributed by atoms with Crippen LogP contribution in [-0.2, 0) is 0 Å². The molecule has 0 spiro atoms. The smallest absolute Gasteiger partial charge is 0.193 e. The van der Waals surface area contributed by atoms with Crippen molar-refractivity contribution < 1.29 is 9.47 Å². The first kappa shape index (κ1) is 22.4. The molecular formula is C20H26ClIN4O2. The molecule has 1 unspecified atom stereocenters. The summed E-state index contributed by atoms with van der Waals surface area (Å²) < 4.78 is 10.5. The van der Waals surface area contributed by atoms with Gasteiger partial charge in [0.1, 0.15) is 11.5 Å². The van der Waals surface area contributed by atoms with Crippen LogP contribution in [0.5, 0.6) is 11.5 Å². The fraction of sp³-hybridized carbons (Fsp3) is 0.350. The van der Waals surface area contributed by atoms with Crippen molar-refractivity contribution in [2.24, 2.45) is 16.6 Å². The topological polar surface area (TPSA) is 72.1 Å². The van der Waals surface area contributed by atoms with Crippen LogP contribution < -0.4 is 25.4 Å². The average molecular weight is 517 g/mol. The van der Waals surface area contributed by atoms with Crippen LogP contribution in [0, 0.1) is 5.92 Å². The van der Waals surface area contributed by atoms with Crippen LogP contribution in [0.15, 0.2) is 47.5 Å². The molecule has 2 aromatic carbocycles. The Morgan fingerprint density at radius 1 is 1.25 bits per heavy atom. The molecule has 1 heterocycles. The number of hydrogen-bond acceptors (Lipinski definition) is 4. The van der Waals surface area contributed by atoms with E-state index >= 15 is 0 Å². The lowest BCUT2D eigenvalue weighted by atomic mass is 10.1.